The second-order valence-corrected chi connectivity index (χ2v) is 5.85. The molecule has 2 unspecified atom stereocenters. The van der Waals surface area contributed by atoms with Crippen LogP contribution >= 0.6 is 15.9 Å². The van der Waals surface area contributed by atoms with Crippen molar-refractivity contribution in [2.45, 2.75) is 31.8 Å². The maximum Gasteiger partial charge on any atom is 0.246 e. The number of likely N-dealkylation sites (N-methyl/N-ethyl adjacent to an activating group) is 1. The topological polar surface area (TPSA) is 49.4 Å². The molecule has 2 rings (SSSR count). The standard InChI is InChI=1S/C14H16BrFN2O2/c1-8(10-4-3-9(15)7-11(10)16)17-12-5-6-13(19)18(2)14(12)20/h3-4,7-8,12,17H,5-6H2,1-2H3. The van der Waals surface area contributed by atoms with Crippen LogP contribution in [0.1, 0.15) is 31.4 Å². The van der Waals surface area contributed by atoms with E-state index in [0.29, 0.717) is 22.9 Å². The van der Waals surface area contributed by atoms with E-state index in [4.69, 9.17) is 0 Å². The van der Waals surface area contributed by atoms with Crippen LogP contribution in [-0.2, 0) is 9.59 Å². The molecule has 1 heterocycles. The number of benzene rings is 1. The quantitative estimate of drug-likeness (QED) is 0.858. The second-order valence-electron chi connectivity index (χ2n) is 4.94. The third-order valence-electron chi connectivity index (χ3n) is 3.53. The number of rotatable bonds is 3. The molecule has 1 saturated heterocycles. The number of halogens is 2. The molecule has 0 radical (unpaired) electrons. The molecule has 20 heavy (non-hydrogen) atoms. The highest BCUT2D eigenvalue weighted by atomic mass is 79.9. The van der Waals surface area contributed by atoms with E-state index in [-0.39, 0.29) is 23.7 Å². The highest BCUT2D eigenvalue weighted by molar-refractivity contribution is 9.10. The lowest BCUT2D eigenvalue weighted by Crippen LogP contribution is -2.51. The fraction of sp³-hybridized carbons (Fsp3) is 0.429. The van der Waals surface area contributed by atoms with E-state index in [0.717, 1.165) is 4.90 Å². The van der Waals surface area contributed by atoms with Gasteiger partial charge in [-0.25, -0.2) is 4.39 Å². The number of hydrogen-bond donors (Lipinski definition) is 1. The first kappa shape index (κ1) is 15.1. The smallest absolute Gasteiger partial charge is 0.246 e. The van der Waals surface area contributed by atoms with Gasteiger partial charge in [-0.3, -0.25) is 19.8 Å². The molecule has 1 aromatic rings. The maximum absolute atomic E-state index is 13.9. The Morgan fingerprint density at radius 2 is 2.15 bits per heavy atom. The molecule has 6 heteroatoms. The zero-order chi connectivity index (χ0) is 14.9. The lowest BCUT2D eigenvalue weighted by Gasteiger charge is -2.30. The Balaban J connectivity index is 2.09. The lowest BCUT2D eigenvalue weighted by atomic mass is 10.0. The number of likely N-dealkylation sites (tertiary alicyclic amines) is 1. The van der Waals surface area contributed by atoms with Crippen molar-refractivity contribution in [3.63, 3.8) is 0 Å². The number of amides is 2. The lowest BCUT2D eigenvalue weighted by molar-refractivity contribution is -0.148. The molecular weight excluding hydrogens is 327 g/mol. The molecule has 1 fully saturated rings. The molecule has 1 N–H and O–H groups in total. The molecular formula is C14H16BrFN2O2. The van der Waals surface area contributed by atoms with Gasteiger partial charge in [0.2, 0.25) is 11.8 Å². The predicted molar refractivity (Wildman–Crippen MR) is 76.4 cm³/mol. The van der Waals surface area contributed by atoms with Gasteiger partial charge in [0.15, 0.2) is 0 Å². The maximum atomic E-state index is 13.9. The first-order chi connectivity index (χ1) is 9.40. The minimum atomic E-state index is -0.448. The Labute approximate surface area is 125 Å². The van der Waals surface area contributed by atoms with Crippen LogP contribution in [0.15, 0.2) is 22.7 Å². The second kappa shape index (κ2) is 6.01. The average Bonchev–Trinajstić information content (AvgIpc) is 2.39. The Morgan fingerprint density at radius 3 is 2.80 bits per heavy atom. The van der Waals surface area contributed by atoms with E-state index >= 15 is 0 Å². The number of imide groups is 1. The van der Waals surface area contributed by atoms with E-state index in [9.17, 15) is 14.0 Å². The Bertz CT molecular complexity index is 550. The summed E-state index contributed by atoms with van der Waals surface area (Å²) in [4.78, 5) is 24.5. The predicted octanol–water partition coefficient (Wildman–Crippen LogP) is 2.39. The number of hydrogen-bond acceptors (Lipinski definition) is 3. The molecule has 0 spiro atoms. The van der Waals surface area contributed by atoms with Gasteiger partial charge in [-0.1, -0.05) is 22.0 Å². The van der Waals surface area contributed by atoms with Crippen LogP contribution in [0.25, 0.3) is 0 Å². The third kappa shape index (κ3) is 3.07. The molecule has 108 valence electrons. The molecule has 2 amide bonds. The van der Waals surface area contributed by atoms with Crippen molar-refractivity contribution in [3.8, 4) is 0 Å². The van der Waals surface area contributed by atoms with Crippen molar-refractivity contribution in [2.75, 3.05) is 7.05 Å². The van der Waals surface area contributed by atoms with E-state index in [1.807, 2.05) is 0 Å². The van der Waals surface area contributed by atoms with Crippen LogP contribution in [-0.4, -0.2) is 29.8 Å². The van der Waals surface area contributed by atoms with Crippen LogP contribution < -0.4 is 5.32 Å². The number of nitrogens with one attached hydrogen (secondary N) is 1. The monoisotopic (exact) mass is 342 g/mol. The first-order valence-corrected chi connectivity index (χ1v) is 7.21. The summed E-state index contributed by atoms with van der Waals surface area (Å²) in [5.74, 6) is -0.756. The fourth-order valence-corrected chi connectivity index (χ4v) is 2.65. The van der Waals surface area contributed by atoms with Crippen molar-refractivity contribution in [2.24, 2.45) is 0 Å². The minimum absolute atomic E-state index is 0.171. The SMILES string of the molecule is CC(NC1CCC(=O)N(C)C1=O)c1ccc(Br)cc1F. The highest BCUT2D eigenvalue weighted by Crippen LogP contribution is 2.23. The zero-order valence-corrected chi connectivity index (χ0v) is 12.9. The first-order valence-electron chi connectivity index (χ1n) is 6.41. The van der Waals surface area contributed by atoms with E-state index < -0.39 is 6.04 Å². The fourth-order valence-electron chi connectivity index (χ4n) is 2.31. The largest absolute Gasteiger partial charge is 0.299 e. The van der Waals surface area contributed by atoms with Gasteiger partial charge in [-0.15, -0.1) is 0 Å². The molecule has 0 saturated carbocycles. The van der Waals surface area contributed by atoms with Gasteiger partial charge in [-0.2, -0.15) is 0 Å². The molecule has 0 aliphatic carbocycles. The van der Waals surface area contributed by atoms with Crippen molar-refractivity contribution in [1.82, 2.24) is 10.2 Å². The molecule has 1 aliphatic heterocycles. The molecule has 0 bridgehead atoms. The minimum Gasteiger partial charge on any atom is -0.299 e. The molecule has 1 aliphatic rings. The van der Waals surface area contributed by atoms with Gasteiger partial charge in [0.1, 0.15) is 5.82 Å². The summed E-state index contributed by atoms with van der Waals surface area (Å²) in [6.45, 7) is 1.80. The Hall–Kier alpha value is -1.27. The summed E-state index contributed by atoms with van der Waals surface area (Å²) in [6, 6.07) is 4.08. The number of nitrogens with zero attached hydrogens (tertiary/aromatic N) is 1. The summed E-state index contributed by atoms with van der Waals surface area (Å²) >= 11 is 3.21. The highest BCUT2D eigenvalue weighted by Gasteiger charge is 2.32. The number of carbonyl (C=O) groups excluding carboxylic acids is 2. The van der Waals surface area contributed by atoms with Gasteiger partial charge in [-0.05, 0) is 25.5 Å². The van der Waals surface area contributed by atoms with Gasteiger partial charge in [0.05, 0.1) is 6.04 Å². The van der Waals surface area contributed by atoms with Crippen LogP contribution in [0, 0.1) is 5.82 Å². The molecule has 4 nitrogen and oxygen atoms in total. The van der Waals surface area contributed by atoms with Crippen molar-refractivity contribution >= 4 is 27.7 Å². The van der Waals surface area contributed by atoms with Gasteiger partial charge < -0.3 is 0 Å². The van der Waals surface area contributed by atoms with E-state index in [2.05, 4.69) is 21.2 Å². The summed E-state index contributed by atoms with van der Waals surface area (Å²) in [5, 5.41) is 3.10. The van der Waals surface area contributed by atoms with Crippen LogP contribution in [0.4, 0.5) is 4.39 Å². The van der Waals surface area contributed by atoms with Crippen LogP contribution in [0.5, 0.6) is 0 Å². The van der Waals surface area contributed by atoms with Crippen molar-refractivity contribution in [3.05, 3.63) is 34.1 Å². The van der Waals surface area contributed by atoms with Gasteiger partial charge >= 0.3 is 0 Å². The third-order valence-corrected chi connectivity index (χ3v) is 4.02. The normalized spacial score (nSPS) is 21.2. The average molecular weight is 343 g/mol. The Morgan fingerprint density at radius 1 is 1.45 bits per heavy atom. The van der Waals surface area contributed by atoms with Gasteiger partial charge in [0, 0.05) is 29.5 Å². The van der Waals surface area contributed by atoms with Gasteiger partial charge in [0.25, 0.3) is 0 Å². The van der Waals surface area contributed by atoms with Crippen molar-refractivity contribution in [1.29, 1.82) is 0 Å². The van der Waals surface area contributed by atoms with Crippen LogP contribution in [0.2, 0.25) is 0 Å². The molecule has 2 atom stereocenters. The number of carbonyl (C=O) groups is 2. The summed E-state index contributed by atoms with van der Waals surface area (Å²) in [5.41, 5.74) is 0.501. The molecule has 0 aromatic heterocycles. The van der Waals surface area contributed by atoms with E-state index in [1.165, 1.54) is 13.1 Å². The summed E-state index contributed by atoms with van der Waals surface area (Å²) in [6.07, 6.45) is 0.778. The van der Waals surface area contributed by atoms with Crippen LogP contribution in [0.3, 0.4) is 0 Å². The summed E-state index contributed by atoms with van der Waals surface area (Å²) in [7, 11) is 1.48. The van der Waals surface area contributed by atoms with Crippen molar-refractivity contribution < 1.29 is 14.0 Å². The zero-order valence-electron chi connectivity index (χ0n) is 11.3. The summed E-state index contributed by atoms with van der Waals surface area (Å²) < 4.78 is 14.5. The van der Waals surface area contributed by atoms with E-state index in [1.54, 1.807) is 19.1 Å². The Kier molecular flexibility index (Phi) is 4.55. The number of piperidine rings is 1. The molecule has 1 aromatic carbocycles.